The number of benzene rings is 2. The first-order chi connectivity index (χ1) is 14.0. The first-order valence-corrected chi connectivity index (χ1v) is 9.80. The molecular formula is C23H24FN3O2. The molecule has 0 N–H and O–H groups in total. The van der Waals surface area contributed by atoms with Crippen LogP contribution in [-0.4, -0.2) is 33.2 Å². The van der Waals surface area contributed by atoms with Crippen LogP contribution in [0.2, 0.25) is 0 Å². The second-order valence-electron chi connectivity index (χ2n) is 7.55. The van der Waals surface area contributed by atoms with Gasteiger partial charge in [-0.05, 0) is 54.8 Å². The molecule has 2 heterocycles. The van der Waals surface area contributed by atoms with Crippen LogP contribution in [0.25, 0.3) is 11.1 Å². The van der Waals surface area contributed by atoms with Gasteiger partial charge in [0.2, 0.25) is 5.91 Å². The second-order valence-corrected chi connectivity index (χ2v) is 7.55. The molecule has 1 atom stereocenters. The summed E-state index contributed by atoms with van der Waals surface area (Å²) >= 11 is 0. The molecule has 0 radical (unpaired) electrons. The van der Waals surface area contributed by atoms with Gasteiger partial charge < -0.3 is 9.64 Å². The number of nitrogens with zero attached hydrogens (tertiary/aromatic N) is 3. The molecule has 0 bridgehead atoms. The van der Waals surface area contributed by atoms with Crippen molar-refractivity contribution in [1.29, 1.82) is 0 Å². The van der Waals surface area contributed by atoms with Crippen molar-refractivity contribution in [2.24, 2.45) is 0 Å². The van der Waals surface area contributed by atoms with E-state index in [1.54, 1.807) is 16.9 Å². The number of carbonyl (C=O) groups is 1. The number of ether oxygens (including phenoxy) is 1. The Hall–Kier alpha value is -3.15. The van der Waals surface area contributed by atoms with E-state index in [1.165, 1.54) is 12.1 Å². The maximum Gasteiger partial charge on any atom is 0.225 e. The van der Waals surface area contributed by atoms with Gasteiger partial charge in [0.1, 0.15) is 18.2 Å². The van der Waals surface area contributed by atoms with Crippen LogP contribution in [0.4, 0.5) is 4.39 Å². The van der Waals surface area contributed by atoms with Gasteiger partial charge in [-0.2, -0.15) is 5.10 Å². The lowest BCUT2D eigenvalue weighted by atomic mass is 10.0. The van der Waals surface area contributed by atoms with Crippen LogP contribution in [0.3, 0.4) is 0 Å². The summed E-state index contributed by atoms with van der Waals surface area (Å²) in [4.78, 5) is 14.8. The summed E-state index contributed by atoms with van der Waals surface area (Å²) in [5, 5.41) is 4.25. The van der Waals surface area contributed by atoms with E-state index in [4.69, 9.17) is 4.74 Å². The molecule has 150 valence electrons. The number of fused-ring (bicyclic) bond motifs is 1. The third kappa shape index (κ3) is 4.31. The van der Waals surface area contributed by atoms with Gasteiger partial charge in [0.15, 0.2) is 0 Å². The van der Waals surface area contributed by atoms with Crippen LogP contribution in [0, 0.1) is 12.7 Å². The highest BCUT2D eigenvalue weighted by Gasteiger charge is 2.25. The number of hydrogen-bond acceptors (Lipinski definition) is 3. The van der Waals surface area contributed by atoms with E-state index in [9.17, 15) is 9.18 Å². The van der Waals surface area contributed by atoms with Crippen LogP contribution in [0.15, 0.2) is 54.9 Å². The number of carbonyl (C=O) groups excluding carboxylic acids is 1. The quantitative estimate of drug-likeness (QED) is 0.668. The van der Waals surface area contributed by atoms with Crippen molar-refractivity contribution in [3.8, 4) is 16.9 Å². The molecule has 0 fully saturated rings. The van der Waals surface area contributed by atoms with Gasteiger partial charge in [-0.25, -0.2) is 4.39 Å². The molecule has 4 rings (SSSR count). The van der Waals surface area contributed by atoms with Crippen LogP contribution < -0.4 is 4.74 Å². The van der Waals surface area contributed by atoms with Crippen LogP contribution in [0.5, 0.6) is 5.75 Å². The Balaban J connectivity index is 1.54. The van der Waals surface area contributed by atoms with Gasteiger partial charge in [0, 0.05) is 31.3 Å². The third-order valence-corrected chi connectivity index (χ3v) is 5.21. The summed E-state index contributed by atoms with van der Waals surface area (Å²) in [6.45, 7) is 5.43. The fourth-order valence-corrected chi connectivity index (χ4v) is 3.61. The minimum atomic E-state index is -0.270. The molecule has 1 amide bonds. The second kappa shape index (κ2) is 8.07. The van der Waals surface area contributed by atoms with Gasteiger partial charge in [0.25, 0.3) is 0 Å². The monoisotopic (exact) mass is 393 g/mol. The normalized spacial score (nSPS) is 16.1. The first kappa shape index (κ1) is 19.2. The Kier molecular flexibility index (Phi) is 5.34. The maximum absolute atomic E-state index is 13.6. The predicted molar refractivity (Wildman–Crippen MR) is 109 cm³/mol. The summed E-state index contributed by atoms with van der Waals surface area (Å²) < 4.78 is 21.3. The number of halogens is 1. The lowest BCUT2D eigenvalue weighted by molar-refractivity contribution is -0.134. The molecule has 3 aromatic rings. The number of hydrogen-bond donors (Lipinski definition) is 0. The van der Waals surface area contributed by atoms with Crippen LogP contribution in [0.1, 0.15) is 24.5 Å². The van der Waals surface area contributed by atoms with Crippen LogP contribution in [-0.2, 0) is 17.9 Å². The van der Waals surface area contributed by atoms with Gasteiger partial charge in [-0.1, -0.05) is 18.2 Å². The molecule has 29 heavy (non-hydrogen) atoms. The molecule has 0 saturated carbocycles. The third-order valence-electron chi connectivity index (χ3n) is 5.21. The van der Waals surface area contributed by atoms with E-state index in [1.807, 2.05) is 49.2 Å². The average Bonchev–Trinajstić information content (AvgIpc) is 3.06. The van der Waals surface area contributed by atoms with Crippen molar-refractivity contribution in [2.75, 3.05) is 6.61 Å². The van der Waals surface area contributed by atoms with E-state index in [-0.39, 0.29) is 17.8 Å². The van der Waals surface area contributed by atoms with E-state index in [2.05, 4.69) is 5.10 Å². The maximum atomic E-state index is 13.6. The van der Waals surface area contributed by atoms with Crippen molar-refractivity contribution in [3.63, 3.8) is 0 Å². The minimum Gasteiger partial charge on any atom is -0.491 e. The molecule has 0 aliphatic carbocycles. The van der Waals surface area contributed by atoms with E-state index < -0.39 is 0 Å². The van der Waals surface area contributed by atoms with Crippen molar-refractivity contribution in [2.45, 2.75) is 39.4 Å². The molecule has 0 spiro atoms. The summed E-state index contributed by atoms with van der Waals surface area (Å²) in [5.74, 6) is 0.571. The standard InChI is InChI=1S/C23H24FN3O2/c1-16-12-25-26(13-16)9-8-23(28)27-14-20-10-19(18-4-3-5-21(24)11-18)6-7-22(20)29-15-17(27)2/h3-7,10-13,17H,8-9,14-15H2,1-2H3/t17-/m0/s1. The van der Waals surface area contributed by atoms with Crippen molar-refractivity contribution >= 4 is 5.91 Å². The zero-order valence-corrected chi connectivity index (χ0v) is 16.6. The Morgan fingerprint density at radius 3 is 2.83 bits per heavy atom. The molecule has 1 aromatic heterocycles. The zero-order chi connectivity index (χ0) is 20.4. The first-order valence-electron chi connectivity index (χ1n) is 9.80. The molecule has 1 aliphatic heterocycles. The smallest absolute Gasteiger partial charge is 0.225 e. The number of aromatic nitrogens is 2. The fourth-order valence-electron chi connectivity index (χ4n) is 3.61. The van der Waals surface area contributed by atoms with Gasteiger partial charge >= 0.3 is 0 Å². The fraction of sp³-hybridized carbons (Fsp3) is 0.304. The molecule has 6 heteroatoms. The Morgan fingerprint density at radius 2 is 2.07 bits per heavy atom. The number of aryl methyl sites for hydroxylation is 2. The lowest BCUT2D eigenvalue weighted by Crippen LogP contribution is -2.40. The van der Waals surface area contributed by atoms with Crippen molar-refractivity contribution in [1.82, 2.24) is 14.7 Å². The highest BCUT2D eigenvalue weighted by molar-refractivity contribution is 5.77. The predicted octanol–water partition coefficient (Wildman–Crippen LogP) is 4.20. The molecule has 5 nitrogen and oxygen atoms in total. The number of rotatable bonds is 4. The summed E-state index contributed by atoms with van der Waals surface area (Å²) in [6, 6.07) is 12.3. The molecule has 2 aromatic carbocycles. The molecular weight excluding hydrogens is 369 g/mol. The summed E-state index contributed by atoms with van der Waals surface area (Å²) in [7, 11) is 0. The van der Waals surface area contributed by atoms with Crippen LogP contribution >= 0.6 is 0 Å². The van der Waals surface area contributed by atoms with E-state index in [0.29, 0.717) is 26.1 Å². The topological polar surface area (TPSA) is 47.4 Å². The number of amides is 1. The molecule has 0 unspecified atom stereocenters. The average molecular weight is 393 g/mol. The SMILES string of the molecule is Cc1cnn(CCC(=O)N2Cc3cc(-c4cccc(F)c4)ccc3OC[C@@H]2C)c1. The van der Waals surface area contributed by atoms with Gasteiger partial charge in [0.05, 0.1) is 12.2 Å². The lowest BCUT2D eigenvalue weighted by Gasteiger charge is -2.26. The minimum absolute atomic E-state index is 0.0353. The molecule has 0 saturated heterocycles. The highest BCUT2D eigenvalue weighted by atomic mass is 19.1. The zero-order valence-electron chi connectivity index (χ0n) is 16.6. The van der Waals surface area contributed by atoms with Crippen molar-refractivity contribution in [3.05, 3.63) is 71.8 Å². The van der Waals surface area contributed by atoms with E-state index >= 15 is 0 Å². The van der Waals surface area contributed by atoms with E-state index in [0.717, 1.165) is 28.0 Å². The highest BCUT2D eigenvalue weighted by Crippen LogP contribution is 2.31. The Morgan fingerprint density at radius 1 is 1.24 bits per heavy atom. The largest absolute Gasteiger partial charge is 0.491 e. The Bertz CT molecular complexity index is 1030. The van der Waals surface area contributed by atoms with Gasteiger partial charge in [-0.15, -0.1) is 0 Å². The molecule has 1 aliphatic rings. The van der Waals surface area contributed by atoms with Gasteiger partial charge in [-0.3, -0.25) is 9.48 Å². The Labute approximate surface area is 169 Å². The summed E-state index contributed by atoms with van der Waals surface area (Å²) in [6.07, 6.45) is 4.10. The summed E-state index contributed by atoms with van der Waals surface area (Å²) in [5.41, 5.74) is 3.71. The van der Waals surface area contributed by atoms with Crippen molar-refractivity contribution < 1.29 is 13.9 Å².